The van der Waals surface area contributed by atoms with Crippen molar-refractivity contribution in [3.63, 3.8) is 0 Å². The van der Waals surface area contributed by atoms with E-state index in [9.17, 15) is 13.8 Å². The molecule has 3 unspecified atom stereocenters. The molecule has 2 heterocycles. The minimum absolute atomic E-state index is 0.0544. The number of benzene rings is 2. The first-order valence-corrected chi connectivity index (χ1v) is 14.4. The monoisotopic (exact) mass is 572 g/mol. The van der Waals surface area contributed by atoms with Crippen molar-refractivity contribution in [2.75, 3.05) is 23.9 Å². The Balaban J connectivity index is 1.25. The second-order valence-corrected chi connectivity index (χ2v) is 12.6. The van der Waals surface area contributed by atoms with Gasteiger partial charge in [-0.3, -0.25) is 18.5 Å². The number of carbonyl (C=O) groups excluding carboxylic acids is 2. The zero-order valence-corrected chi connectivity index (χ0v) is 23.4. The number of ether oxygens (including phenoxy) is 2. The molecule has 12 heteroatoms. The Hall–Kier alpha value is -3.27. The fourth-order valence-corrected chi connectivity index (χ4v) is 6.28. The molecule has 206 valence electrons. The molecule has 3 fully saturated rings. The van der Waals surface area contributed by atoms with Gasteiger partial charge in [0.15, 0.2) is 5.82 Å². The molecule has 5 rings (SSSR count). The summed E-state index contributed by atoms with van der Waals surface area (Å²) in [5, 5.41) is 0. The van der Waals surface area contributed by atoms with Crippen molar-refractivity contribution in [3.8, 4) is 17.6 Å². The molecule has 9 nitrogen and oxygen atoms in total. The fourth-order valence-electron chi connectivity index (χ4n) is 4.60. The summed E-state index contributed by atoms with van der Waals surface area (Å²) in [6.45, 7) is 6.87. The van der Waals surface area contributed by atoms with Crippen LogP contribution >= 0.6 is 12.1 Å². The van der Waals surface area contributed by atoms with Crippen LogP contribution in [0.2, 0.25) is 0 Å². The quantitative estimate of drug-likeness (QED) is 0.404. The van der Waals surface area contributed by atoms with Crippen LogP contribution in [0.25, 0.3) is 0 Å². The standard InChI is InChI=1S/C27H29FN4O5S2/c1-27(2,3)37-26(34)29-38-31-13-20-19(21(20)14-31)11-9-18-10-12-22(36-16-17-7-5-4-6-8-17)25(24(18)28)32-15-23(33)30-39(32)35/h4-8,10,12,19-21H,13-16H2,1-3H3,(H,29,34)(H,30,33). The average Bonchev–Trinajstić information content (AvgIpc) is 3.16. The first kappa shape index (κ1) is 27.3. The number of nitrogens with one attached hydrogen (secondary N) is 2. The smallest absolute Gasteiger partial charge is 0.418 e. The molecule has 3 aliphatic rings. The summed E-state index contributed by atoms with van der Waals surface area (Å²) < 4.78 is 47.6. The van der Waals surface area contributed by atoms with E-state index in [4.69, 9.17) is 9.47 Å². The number of fused-ring (bicyclic) bond motifs is 1. The molecular formula is C27H29FN4O5S2. The molecule has 1 saturated carbocycles. The van der Waals surface area contributed by atoms with Gasteiger partial charge in [0, 0.05) is 31.1 Å². The SMILES string of the molecule is CC(C)(C)OC(=O)NSN1CC2C(C#Cc3ccc(OCc4ccccc4)c(N4CC(=O)NS4=O)c3F)C2C1. The van der Waals surface area contributed by atoms with Gasteiger partial charge in [0.2, 0.25) is 11.2 Å². The highest BCUT2D eigenvalue weighted by atomic mass is 32.2. The number of hydrogen-bond donors (Lipinski definition) is 2. The largest absolute Gasteiger partial charge is 0.487 e. The lowest BCUT2D eigenvalue weighted by Crippen LogP contribution is -2.32. The summed E-state index contributed by atoms with van der Waals surface area (Å²) in [5.41, 5.74) is 0.422. The molecule has 39 heavy (non-hydrogen) atoms. The summed E-state index contributed by atoms with van der Waals surface area (Å²) in [6.07, 6.45) is -0.484. The van der Waals surface area contributed by atoms with Crippen LogP contribution < -0.4 is 18.5 Å². The van der Waals surface area contributed by atoms with E-state index in [1.807, 2.05) is 51.1 Å². The normalized spacial score (nSPS) is 23.9. The van der Waals surface area contributed by atoms with Gasteiger partial charge in [-0.2, -0.15) is 0 Å². The van der Waals surface area contributed by atoms with Gasteiger partial charge in [-0.1, -0.05) is 42.2 Å². The van der Waals surface area contributed by atoms with Gasteiger partial charge >= 0.3 is 6.09 Å². The highest BCUT2D eigenvalue weighted by Gasteiger charge is 2.55. The Bertz CT molecular complexity index is 1350. The van der Waals surface area contributed by atoms with Crippen molar-refractivity contribution in [2.45, 2.75) is 33.0 Å². The van der Waals surface area contributed by atoms with Crippen LogP contribution in [0.15, 0.2) is 42.5 Å². The highest BCUT2D eigenvalue weighted by Crippen LogP contribution is 2.52. The van der Waals surface area contributed by atoms with Crippen LogP contribution in [-0.2, 0) is 27.3 Å². The minimum atomic E-state index is -1.92. The third-order valence-corrected chi connectivity index (χ3v) is 8.37. The number of carbonyl (C=O) groups is 2. The Morgan fingerprint density at radius 1 is 1.21 bits per heavy atom. The third-order valence-electron chi connectivity index (χ3n) is 6.45. The third kappa shape index (κ3) is 6.49. The number of halogens is 1. The second kappa shape index (κ2) is 11.1. The van der Waals surface area contributed by atoms with Gasteiger partial charge in [-0.15, -0.1) is 0 Å². The Kier molecular flexibility index (Phi) is 7.75. The molecule has 2 aromatic carbocycles. The zero-order chi connectivity index (χ0) is 27.7. The molecule has 2 aliphatic heterocycles. The lowest BCUT2D eigenvalue weighted by atomic mass is 10.1. The molecule has 2 amide bonds. The van der Waals surface area contributed by atoms with Gasteiger partial charge < -0.3 is 9.47 Å². The molecule has 0 spiro atoms. The Morgan fingerprint density at radius 2 is 1.92 bits per heavy atom. The number of amides is 2. The zero-order valence-electron chi connectivity index (χ0n) is 21.7. The van der Waals surface area contributed by atoms with E-state index >= 15 is 4.39 Å². The summed E-state index contributed by atoms with van der Waals surface area (Å²) in [6, 6.07) is 12.5. The van der Waals surface area contributed by atoms with Crippen LogP contribution in [-0.4, -0.2) is 45.7 Å². The Labute approximate surface area is 233 Å². The average molecular weight is 573 g/mol. The molecule has 0 bridgehead atoms. The van der Waals surface area contributed by atoms with Crippen molar-refractivity contribution in [2.24, 2.45) is 17.8 Å². The molecule has 2 aromatic rings. The van der Waals surface area contributed by atoms with Gasteiger partial charge in [-0.05, 0) is 50.3 Å². The van der Waals surface area contributed by atoms with Crippen LogP contribution in [0.3, 0.4) is 0 Å². The van der Waals surface area contributed by atoms with E-state index in [2.05, 4.69) is 25.6 Å². The maximum Gasteiger partial charge on any atom is 0.418 e. The molecule has 0 radical (unpaired) electrons. The van der Waals surface area contributed by atoms with E-state index in [0.29, 0.717) is 11.8 Å². The van der Waals surface area contributed by atoms with Gasteiger partial charge in [0.25, 0.3) is 5.91 Å². The van der Waals surface area contributed by atoms with Gasteiger partial charge in [0.05, 0.1) is 5.56 Å². The van der Waals surface area contributed by atoms with Crippen molar-refractivity contribution < 1.29 is 27.7 Å². The summed E-state index contributed by atoms with van der Waals surface area (Å²) in [7, 11) is 0. The van der Waals surface area contributed by atoms with E-state index in [1.165, 1.54) is 12.1 Å². The topological polar surface area (TPSA) is 100 Å². The van der Waals surface area contributed by atoms with Crippen LogP contribution in [0, 0.1) is 35.4 Å². The summed E-state index contributed by atoms with van der Waals surface area (Å²) >= 11 is -0.693. The number of hydrogen-bond acceptors (Lipinski definition) is 7. The van der Waals surface area contributed by atoms with Gasteiger partial charge in [0.1, 0.15) is 30.2 Å². The molecule has 1 aliphatic carbocycles. The first-order valence-electron chi connectivity index (χ1n) is 12.5. The van der Waals surface area contributed by atoms with Crippen LogP contribution in [0.4, 0.5) is 14.9 Å². The minimum Gasteiger partial charge on any atom is -0.487 e. The summed E-state index contributed by atoms with van der Waals surface area (Å²) in [4.78, 5) is 23.7. The van der Waals surface area contributed by atoms with Crippen molar-refractivity contribution >= 4 is 41.0 Å². The van der Waals surface area contributed by atoms with E-state index in [1.54, 1.807) is 12.1 Å². The fraction of sp³-hybridized carbons (Fsp3) is 0.407. The van der Waals surface area contributed by atoms with E-state index in [0.717, 1.165) is 23.0 Å². The lowest BCUT2D eigenvalue weighted by molar-refractivity contribution is -0.117. The molecular weight excluding hydrogens is 543 g/mol. The molecule has 2 N–H and O–H groups in total. The first-order chi connectivity index (χ1) is 18.6. The predicted octanol–water partition coefficient (Wildman–Crippen LogP) is 3.54. The number of piperidine rings is 1. The van der Waals surface area contributed by atoms with Crippen molar-refractivity contribution in [3.05, 3.63) is 59.4 Å². The number of rotatable bonds is 6. The second-order valence-electron chi connectivity index (χ2n) is 10.5. The highest BCUT2D eigenvalue weighted by molar-refractivity contribution is 7.95. The number of nitrogens with zero attached hydrogens (tertiary/aromatic N) is 2. The van der Waals surface area contributed by atoms with E-state index in [-0.39, 0.29) is 36.1 Å². The maximum absolute atomic E-state index is 15.8. The Morgan fingerprint density at radius 3 is 2.56 bits per heavy atom. The molecule has 3 atom stereocenters. The lowest BCUT2D eigenvalue weighted by Gasteiger charge is -2.21. The van der Waals surface area contributed by atoms with E-state index < -0.39 is 34.6 Å². The maximum atomic E-state index is 15.8. The van der Waals surface area contributed by atoms with Crippen LogP contribution in [0.1, 0.15) is 31.9 Å². The number of anilines is 1. The van der Waals surface area contributed by atoms with Crippen molar-refractivity contribution in [1.29, 1.82) is 0 Å². The predicted molar refractivity (Wildman–Crippen MR) is 147 cm³/mol. The summed E-state index contributed by atoms with van der Waals surface area (Å²) in [5.74, 6) is 6.00. The van der Waals surface area contributed by atoms with Gasteiger partial charge in [-0.25, -0.2) is 17.7 Å². The molecule has 0 aromatic heterocycles. The van der Waals surface area contributed by atoms with Crippen LogP contribution in [0.5, 0.6) is 5.75 Å². The molecule has 2 saturated heterocycles. The van der Waals surface area contributed by atoms with Crippen molar-refractivity contribution in [1.82, 2.24) is 13.7 Å².